The molecule has 25 heavy (non-hydrogen) atoms. The first-order chi connectivity index (χ1) is 12.0. The molecule has 0 heterocycles. The van der Waals surface area contributed by atoms with Gasteiger partial charge in [0.2, 0.25) is 0 Å². The third-order valence-electron chi connectivity index (χ3n) is 3.45. The third-order valence-corrected chi connectivity index (χ3v) is 4.08. The molecule has 0 saturated heterocycles. The monoisotopic (exact) mass is 377 g/mol. The first kappa shape index (κ1) is 17.2. The number of nitro benzene ring substituents is 1. The molecular weight excluding hydrogens is 368 g/mol. The molecule has 0 atom stereocenters. The molecule has 0 unspecified atom stereocenters. The lowest BCUT2D eigenvalue weighted by molar-refractivity contribution is -0.384. The third kappa shape index (κ3) is 3.73. The van der Waals surface area contributed by atoms with Crippen molar-refractivity contribution in [3.63, 3.8) is 0 Å². The van der Waals surface area contributed by atoms with Crippen LogP contribution in [0.3, 0.4) is 0 Å². The van der Waals surface area contributed by atoms with E-state index in [0.717, 1.165) is 6.07 Å². The summed E-state index contributed by atoms with van der Waals surface area (Å²) in [5.74, 6) is 0.0461. The van der Waals surface area contributed by atoms with Crippen molar-refractivity contribution in [2.24, 2.45) is 0 Å². The SMILES string of the molecule is O=[N+]([O-])c1ccc(Oc2ccc(F)cc2Cl)c(-c2ccccc2Cl)c1. The van der Waals surface area contributed by atoms with Gasteiger partial charge in [-0.2, -0.15) is 0 Å². The average molecular weight is 378 g/mol. The molecule has 0 saturated carbocycles. The van der Waals surface area contributed by atoms with Crippen LogP contribution in [0.5, 0.6) is 11.5 Å². The van der Waals surface area contributed by atoms with E-state index in [1.54, 1.807) is 24.3 Å². The van der Waals surface area contributed by atoms with Gasteiger partial charge < -0.3 is 4.74 Å². The first-order valence-electron chi connectivity index (χ1n) is 7.12. The summed E-state index contributed by atoms with van der Waals surface area (Å²) in [6.45, 7) is 0. The van der Waals surface area contributed by atoms with Crippen molar-refractivity contribution >= 4 is 28.9 Å². The highest BCUT2D eigenvalue weighted by atomic mass is 35.5. The summed E-state index contributed by atoms with van der Waals surface area (Å²) in [6.07, 6.45) is 0. The van der Waals surface area contributed by atoms with Gasteiger partial charge in [-0.3, -0.25) is 10.1 Å². The second-order valence-electron chi connectivity index (χ2n) is 5.09. The molecule has 0 amide bonds. The molecule has 126 valence electrons. The van der Waals surface area contributed by atoms with Crippen molar-refractivity contribution in [3.8, 4) is 22.6 Å². The quantitative estimate of drug-likeness (QED) is 0.385. The molecule has 0 radical (unpaired) electrons. The molecule has 0 bridgehead atoms. The molecule has 3 aromatic rings. The molecule has 0 aliphatic rings. The number of benzene rings is 3. The van der Waals surface area contributed by atoms with Crippen LogP contribution in [0.4, 0.5) is 10.1 Å². The van der Waals surface area contributed by atoms with Crippen molar-refractivity contribution in [2.45, 2.75) is 0 Å². The van der Waals surface area contributed by atoms with E-state index >= 15 is 0 Å². The van der Waals surface area contributed by atoms with E-state index in [1.165, 1.54) is 30.3 Å². The smallest absolute Gasteiger partial charge is 0.270 e. The summed E-state index contributed by atoms with van der Waals surface area (Å²) >= 11 is 12.2. The topological polar surface area (TPSA) is 52.4 Å². The Morgan fingerprint density at radius 3 is 2.28 bits per heavy atom. The number of nitro groups is 1. The summed E-state index contributed by atoms with van der Waals surface area (Å²) in [6, 6.07) is 14.8. The minimum Gasteiger partial charge on any atom is -0.455 e. The van der Waals surface area contributed by atoms with Crippen LogP contribution in [0, 0.1) is 15.9 Å². The summed E-state index contributed by atoms with van der Waals surface area (Å²) in [5.41, 5.74) is 0.897. The minimum atomic E-state index is -0.505. The highest BCUT2D eigenvalue weighted by Gasteiger charge is 2.17. The minimum absolute atomic E-state index is 0.0865. The van der Waals surface area contributed by atoms with E-state index in [0.29, 0.717) is 21.9 Å². The zero-order valence-corrected chi connectivity index (χ0v) is 14.1. The second kappa shape index (κ2) is 7.09. The van der Waals surface area contributed by atoms with Crippen LogP contribution in [-0.2, 0) is 0 Å². The van der Waals surface area contributed by atoms with E-state index in [4.69, 9.17) is 27.9 Å². The maximum absolute atomic E-state index is 13.2. The van der Waals surface area contributed by atoms with Gasteiger partial charge in [0.1, 0.15) is 17.3 Å². The molecule has 0 fully saturated rings. The molecule has 0 aromatic heterocycles. The van der Waals surface area contributed by atoms with E-state index in [1.807, 2.05) is 0 Å². The summed E-state index contributed by atoms with van der Waals surface area (Å²) in [4.78, 5) is 10.6. The molecule has 4 nitrogen and oxygen atoms in total. The van der Waals surface area contributed by atoms with Crippen molar-refractivity contribution in [1.29, 1.82) is 0 Å². The predicted octanol–water partition coefficient (Wildman–Crippen LogP) is 6.50. The second-order valence-corrected chi connectivity index (χ2v) is 5.91. The van der Waals surface area contributed by atoms with Crippen LogP contribution in [0.25, 0.3) is 11.1 Å². The molecular formula is C18H10Cl2FNO3. The Morgan fingerprint density at radius 1 is 0.880 bits per heavy atom. The van der Waals surface area contributed by atoms with Crippen molar-refractivity contribution in [2.75, 3.05) is 0 Å². The van der Waals surface area contributed by atoms with Gasteiger partial charge in [0.25, 0.3) is 5.69 Å². The molecule has 3 aromatic carbocycles. The lowest BCUT2D eigenvalue weighted by Crippen LogP contribution is -1.93. The van der Waals surface area contributed by atoms with E-state index < -0.39 is 10.7 Å². The summed E-state index contributed by atoms with van der Waals surface area (Å²) < 4.78 is 19.0. The van der Waals surface area contributed by atoms with Crippen molar-refractivity contribution in [3.05, 3.63) is 86.6 Å². The van der Waals surface area contributed by atoms with Gasteiger partial charge >= 0.3 is 0 Å². The lowest BCUT2D eigenvalue weighted by atomic mass is 10.0. The zero-order valence-electron chi connectivity index (χ0n) is 12.6. The van der Waals surface area contributed by atoms with Gasteiger partial charge in [-0.1, -0.05) is 41.4 Å². The number of halogens is 3. The Bertz CT molecular complexity index is 963. The van der Waals surface area contributed by atoms with E-state index in [-0.39, 0.29) is 16.5 Å². The fraction of sp³-hybridized carbons (Fsp3) is 0. The van der Waals surface area contributed by atoms with Crippen LogP contribution in [0.15, 0.2) is 60.7 Å². The van der Waals surface area contributed by atoms with Gasteiger partial charge in [-0.05, 0) is 30.3 Å². The Morgan fingerprint density at radius 2 is 1.60 bits per heavy atom. The van der Waals surface area contributed by atoms with Crippen LogP contribution in [-0.4, -0.2) is 4.92 Å². The zero-order chi connectivity index (χ0) is 18.0. The van der Waals surface area contributed by atoms with Gasteiger partial charge in [0.15, 0.2) is 0 Å². The van der Waals surface area contributed by atoms with Crippen LogP contribution < -0.4 is 4.74 Å². The van der Waals surface area contributed by atoms with Crippen LogP contribution in [0.2, 0.25) is 10.0 Å². The Kier molecular flexibility index (Phi) is 4.88. The molecule has 0 aliphatic carbocycles. The van der Waals surface area contributed by atoms with Gasteiger partial charge in [-0.25, -0.2) is 4.39 Å². The first-order valence-corrected chi connectivity index (χ1v) is 7.87. The van der Waals surface area contributed by atoms with Gasteiger partial charge in [0.05, 0.1) is 9.95 Å². The standard InChI is InChI=1S/C18H10Cl2FNO3/c19-15-4-2-1-3-13(15)14-10-12(22(23)24)6-8-17(14)25-18-7-5-11(21)9-16(18)20/h1-10H. The fourth-order valence-electron chi connectivity index (χ4n) is 2.29. The molecule has 7 heteroatoms. The fourth-order valence-corrected chi connectivity index (χ4v) is 2.73. The number of nitrogens with zero attached hydrogens (tertiary/aromatic N) is 1. The highest BCUT2D eigenvalue weighted by molar-refractivity contribution is 6.33. The summed E-state index contributed by atoms with van der Waals surface area (Å²) in [7, 11) is 0. The summed E-state index contributed by atoms with van der Waals surface area (Å²) in [5, 5.41) is 11.6. The average Bonchev–Trinajstić information content (AvgIpc) is 2.58. The largest absolute Gasteiger partial charge is 0.455 e. The van der Waals surface area contributed by atoms with Crippen molar-refractivity contribution < 1.29 is 14.1 Å². The molecule has 0 N–H and O–H groups in total. The number of hydrogen-bond acceptors (Lipinski definition) is 3. The van der Waals surface area contributed by atoms with E-state index in [9.17, 15) is 14.5 Å². The molecule has 0 aliphatic heterocycles. The van der Waals surface area contributed by atoms with Crippen LogP contribution >= 0.6 is 23.2 Å². The Labute approximate surface area is 152 Å². The van der Waals surface area contributed by atoms with Crippen molar-refractivity contribution in [1.82, 2.24) is 0 Å². The van der Waals surface area contributed by atoms with Gasteiger partial charge in [-0.15, -0.1) is 0 Å². The van der Waals surface area contributed by atoms with E-state index in [2.05, 4.69) is 0 Å². The lowest BCUT2D eigenvalue weighted by Gasteiger charge is -2.13. The van der Waals surface area contributed by atoms with Gasteiger partial charge in [0, 0.05) is 28.3 Å². The predicted molar refractivity (Wildman–Crippen MR) is 95.0 cm³/mol. The maximum atomic E-state index is 13.2. The normalized spacial score (nSPS) is 10.5. The van der Waals surface area contributed by atoms with Crippen LogP contribution in [0.1, 0.15) is 0 Å². The highest BCUT2D eigenvalue weighted by Crippen LogP contribution is 2.40. The number of non-ortho nitro benzene ring substituents is 1. The number of ether oxygens (including phenoxy) is 1. The maximum Gasteiger partial charge on any atom is 0.270 e. The molecule has 0 spiro atoms. The number of rotatable bonds is 4. The Balaban J connectivity index is 2.13. The molecule has 3 rings (SSSR count). The number of hydrogen-bond donors (Lipinski definition) is 0. The Hall–Kier alpha value is -2.63.